The van der Waals surface area contributed by atoms with Gasteiger partial charge in [0, 0.05) is 11.5 Å². The largest absolute Gasteiger partial charge is 0.345 e. The summed E-state index contributed by atoms with van der Waals surface area (Å²) < 4.78 is 39.5. The number of fused-ring (bicyclic) bond motifs is 1. The Balaban J connectivity index is 1.97. The predicted octanol–water partition coefficient (Wildman–Crippen LogP) is 3.53. The maximum absolute atomic E-state index is 13.0. The van der Waals surface area contributed by atoms with Crippen LogP contribution in [0.5, 0.6) is 0 Å². The number of halogens is 1. The summed E-state index contributed by atoms with van der Waals surface area (Å²) in [5.41, 5.74) is 0.532. The Morgan fingerprint density at radius 1 is 1.21 bits per heavy atom. The molecule has 1 aromatic heterocycles. The number of nitrogens with zero attached hydrogens (tertiary/aromatic N) is 1. The first-order valence-electron chi connectivity index (χ1n) is 8.69. The summed E-state index contributed by atoms with van der Waals surface area (Å²) in [6, 6.07) is 8.50. The fourth-order valence-corrected chi connectivity index (χ4v) is 3.96. The summed E-state index contributed by atoms with van der Waals surface area (Å²) in [5.74, 6) is -1.32. The van der Waals surface area contributed by atoms with E-state index in [1.54, 1.807) is 6.07 Å². The summed E-state index contributed by atoms with van der Waals surface area (Å²) in [7, 11) is -4.23. The number of amides is 1. The summed E-state index contributed by atoms with van der Waals surface area (Å²) in [6.45, 7) is 3.96. The van der Waals surface area contributed by atoms with Gasteiger partial charge in [-0.3, -0.25) is 14.9 Å². The van der Waals surface area contributed by atoms with Crippen molar-refractivity contribution in [2.75, 3.05) is 0 Å². The number of hydrogen-bond donors (Lipinski definition) is 2. The lowest BCUT2D eigenvalue weighted by atomic mass is 10.0. The van der Waals surface area contributed by atoms with E-state index in [0.717, 1.165) is 29.8 Å². The molecule has 0 aliphatic carbocycles. The SMILES string of the molecule is CC(C)Cc1cc([N+](=O)[O-])c2[nH]c(C(=O)NS(=O)(=O)c3ccc(F)cc3)cc2c1. The van der Waals surface area contributed by atoms with Gasteiger partial charge in [-0.25, -0.2) is 17.5 Å². The zero-order chi connectivity index (χ0) is 21.3. The van der Waals surface area contributed by atoms with E-state index in [0.29, 0.717) is 11.8 Å². The van der Waals surface area contributed by atoms with Gasteiger partial charge < -0.3 is 4.98 Å². The first-order valence-corrected chi connectivity index (χ1v) is 10.2. The number of nitro benzene ring substituents is 1. The minimum Gasteiger partial charge on any atom is -0.345 e. The fraction of sp³-hybridized carbons (Fsp3) is 0.211. The number of sulfonamides is 1. The van der Waals surface area contributed by atoms with Crippen LogP contribution >= 0.6 is 0 Å². The second kappa shape index (κ2) is 7.63. The normalized spacial score (nSPS) is 11.7. The molecule has 2 aromatic carbocycles. The fourth-order valence-electron chi connectivity index (χ4n) is 2.99. The van der Waals surface area contributed by atoms with Crippen LogP contribution < -0.4 is 4.72 Å². The molecule has 0 saturated heterocycles. The highest BCUT2D eigenvalue weighted by molar-refractivity contribution is 7.90. The molecule has 0 atom stereocenters. The summed E-state index contributed by atoms with van der Waals surface area (Å²) in [6.07, 6.45) is 0.614. The number of carbonyl (C=O) groups is 1. The molecule has 1 heterocycles. The number of rotatable bonds is 6. The van der Waals surface area contributed by atoms with Gasteiger partial charge in [0.1, 0.15) is 17.0 Å². The van der Waals surface area contributed by atoms with Crippen molar-refractivity contribution in [3.05, 3.63) is 69.7 Å². The minimum absolute atomic E-state index is 0.131. The van der Waals surface area contributed by atoms with Crippen molar-refractivity contribution >= 4 is 32.5 Å². The van der Waals surface area contributed by atoms with Crippen molar-refractivity contribution in [1.29, 1.82) is 0 Å². The number of non-ortho nitro benzene ring substituents is 1. The first-order chi connectivity index (χ1) is 13.6. The zero-order valence-corrected chi connectivity index (χ0v) is 16.4. The van der Waals surface area contributed by atoms with E-state index in [1.807, 2.05) is 18.6 Å². The van der Waals surface area contributed by atoms with E-state index in [4.69, 9.17) is 0 Å². The van der Waals surface area contributed by atoms with Gasteiger partial charge in [-0.1, -0.05) is 13.8 Å². The quantitative estimate of drug-likeness (QED) is 0.467. The van der Waals surface area contributed by atoms with Gasteiger partial charge in [-0.15, -0.1) is 0 Å². The molecule has 152 valence electrons. The molecule has 3 aromatic rings. The molecule has 0 aliphatic rings. The molecule has 29 heavy (non-hydrogen) atoms. The summed E-state index contributed by atoms with van der Waals surface area (Å²) >= 11 is 0. The average molecular weight is 419 g/mol. The molecule has 0 radical (unpaired) electrons. The van der Waals surface area contributed by atoms with Crippen molar-refractivity contribution in [2.24, 2.45) is 5.92 Å². The van der Waals surface area contributed by atoms with E-state index in [9.17, 15) is 27.7 Å². The van der Waals surface area contributed by atoms with E-state index in [2.05, 4.69) is 4.98 Å². The molecule has 0 unspecified atom stereocenters. The van der Waals surface area contributed by atoms with Crippen LogP contribution in [0, 0.1) is 21.8 Å². The highest BCUT2D eigenvalue weighted by Gasteiger charge is 2.23. The maximum Gasteiger partial charge on any atom is 0.293 e. The number of hydrogen-bond acceptors (Lipinski definition) is 5. The third-order valence-electron chi connectivity index (χ3n) is 4.20. The molecule has 0 saturated carbocycles. The smallest absolute Gasteiger partial charge is 0.293 e. The highest BCUT2D eigenvalue weighted by atomic mass is 32.2. The lowest BCUT2D eigenvalue weighted by Gasteiger charge is -2.05. The third kappa shape index (κ3) is 4.43. The van der Waals surface area contributed by atoms with Crippen LogP contribution in [0.2, 0.25) is 0 Å². The van der Waals surface area contributed by atoms with Crippen molar-refractivity contribution in [3.63, 3.8) is 0 Å². The number of aromatic nitrogens is 1. The monoisotopic (exact) mass is 419 g/mol. The molecule has 2 N–H and O–H groups in total. The Morgan fingerprint density at radius 2 is 1.86 bits per heavy atom. The van der Waals surface area contributed by atoms with Gasteiger partial charge in [0.15, 0.2) is 0 Å². The molecular weight excluding hydrogens is 401 g/mol. The number of H-pyrrole nitrogens is 1. The van der Waals surface area contributed by atoms with Crippen molar-refractivity contribution in [1.82, 2.24) is 9.71 Å². The van der Waals surface area contributed by atoms with Crippen molar-refractivity contribution in [3.8, 4) is 0 Å². The van der Waals surface area contributed by atoms with Crippen LogP contribution in [-0.4, -0.2) is 24.2 Å². The Kier molecular flexibility index (Phi) is 5.38. The van der Waals surface area contributed by atoms with Gasteiger partial charge in [0.2, 0.25) is 0 Å². The minimum atomic E-state index is -4.23. The van der Waals surface area contributed by atoms with Crippen molar-refractivity contribution in [2.45, 2.75) is 25.2 Å². The molecule has 8 nitrogen and oxygen atoms in total. The molecule has 10 heteroatoms. The van der Waals surface area contributed by atoms with Gasteiger partial charge in [-0.05, 0) is 54.3 Å². The molecular formula is C19H18FN3O5S. The number of nitro groups is 1. The van der Waals surface area contributed by atoms with Crippen LogP contribution in [0.15, 0.2) is 47.4 Å². The van der Waals surface area contributed by atoms with Crippen LogP contribution in [-0.2, 0) is 16.4 Å². The lowest BCUT2D eigenvalue weighted by Crippen LogP contribution is -2.30. The van der Waals surface area contributed by atoms with Crippen molar-refractivity contribution < 1.29 is 22.5 Å². The molecule has 0 aliphatic heterocycles. The second-order valence-corrected chi connectivity index (χ2v) is 8.69. The van der Waals surface area contributed by atoms with Gasteiger partial charge in [0.25, 0.3) is 21.6 Å². The summed E-state index contributed by atoms with van der Waals surface area (Å²) in [5, 5.41) is 11.9. The maximum atomic E-state index is 13.0. The van der Waals surface area contributed by atoms with Crippen LogP contribution in [0.25, 0.3) is 10.9 Å². The molecule has 3 rings (SSSR count). The Labute approximate surface area is 165 Å². The average Bonchev–Trinajstić information content (AvgIpc) is 3.04. The van der Waals surface area contributed by atoms with E-state index >= 15 is 0 Å². The predicted molar refractivity (Wildman–Crippen MR) is 105 cm³/mol. The highest BCUT2D eigenvalue weighted by Crippen LogP contribution is 2.29. The van der Waals surface area contributed by atoms with E-state index in [-0.39, 0.29) is 27.7 Å². The Hall–Kier alpha value is -3.27. The topological polar surface area (TPSA) is 122 Å². The third-order valence-corrected chi connectivity index (χ3v) is 5.55. The van der Waals surface area contributed by atoms with Crippen LogP contribution in [0.3, 0.4) is 0 Å². The van der Waals surface area contributed by atoms with Gasteiger partial charge in [0.05, 0.1) is 9.82 Å². The number of nitrogens with one attached hydrogen (secondary N) is 2. The van der Waals surface area contributed by atoms with Crippen LogP contribution in [0.1, 0.15) is 29.9 Å². The second-order valence-electron chi connectivity index (χ2n) is 7.01. The summed E-state index contributed by atoms with van der Waals surface area (Å²) in [4.78, 5) is 25.7. The first kappa shape index (κ1) is 20.5. The lowest BCUT2D eigenvalue weighted by molar-refractivity contribution is -0.383. The van der Waals surface area contributed by atoms with E-state index in [1.165, 1.54) is 12.1 Å². The molecule has 1 amide bonds. The van der Waals surface area contributed by atoms with Gasteiger partial charge in [-0.2, -0.15) is 0 Å². The molecule has 0 bridgehead atoms. The number of carbonyl (C=O) groups excluding carboxylic acids is 1. The molecule has 0 fully saturated rings. The number of benzene rings is 2. The molecule has 0 spiro atoms. The van der Waals surface area contributed by atoms with E-state index < -0.39 is 26.7 Å². The van der Waals surface area contributed by atoms with Crippen LogP contribution in [0.4, 0.5) is 10.1 Å². The number of aromatic amines is 1. The Bertz CT molecular complexity index is 1200. The standard InChI is InChI=1S/C19H18FN3O5S/c1-11(2)7-12-8-13-10-16(21-18(13)17(9-12)23(25)26)19(24)22-29(27,28)15-5-3-14(20)4-6-15/h3-6,8-11,21H,7H2,1-2H3,(H,22,24). The zero-order valence-electron chi connectivity index (χ0n) is 15.6. The Morgan fingerprint density at radius 3 is 2.45 bits per heavy atom. The van der Waals surface area contributed by atoms with Gasteiger partial charge >= 0.3 is 0 Å².